The minimum absolute atomic E-state index is 0.313. The zero-order chi connectivity index (χ0) is 13.0. The van der Waals surface area contributed by atoms with E-state index in [0.29, 0.717) is 5.92 Å². The van der Waals surface area contributed by atoms with Crippen molar-refractivity contribution in [1.82, 2.24) is 4.98 Å². The van der Waals surface area contributed by atoms with Crippen LogP contribution in [0.25, 0.3) is 11.1 Å². The Morgan fingerprint density at radius 3 is 2.74 bits per heavy atom. The third-order valence-corrected chi connectivity index (χ3v) is 4.23. The van der Waals surface area contributed by atoms with Gasteiger partial charge in [-0.2, -0.15) is 0 Å². The summed E-state index contributed by atoms with van der Waals surface area (Å²) < 4.78 is 0. The van der Waals surface area contributed by atoms with Crippen LogP contribution in [0.2, 0.25) is 0 Å². The fourth-order valence-corrected chi connectivity index (χ4v) is 3.24. The van der Waals surface area contributed by atoms with Crippen molar-refractivity contribution >= 4 is 22.5 Å². The van der Waals surface area contributed by atoms with Crippen LogP contribution in [0, 0.1) is 0 Å². The highest BCUT2D eigenvalue weighted by molar-refractivity contribution is 6.27. The van der Waals surface area contributed by atoms with Gasteiger partial charge in [0.15, 0.2) is 0 Å². The second-order valence-electron chi connectivity index (χ2n) is 5.22. The van der Waals surface area contributed by atoms with Crippen LogP contribution in [0.1, 0.15) is 25.3 Å². The molecular formula is C17H14N2. The van der Waals surface area contributed by atoms with Gasteiger partial charge in [0, 0.05) is 17.6 Å². The van der Waals surface area contributed by atoms with Crippen molar-refractivity contribution < 1.29 is 0 Å². The standard InChI is InChI=1S/C17H14N2/c1-10-14-9-18-8-7-12(14)11(2)17-16(10)13-5-3-4-6-15(13)19-17/h3-9,16H,1-2H3. The van der Waals surface area contributed by atoms with Crippen molar-refractivity contribution in [3.8, 4) is 0 Å². The number of para-hydroxylation sites is 1. The van der Waals surface area contributed by atoms with E-state index in [4.69, 9.17) is 4.99 Å². The number of hydrogen-bond acceptors (Lipinski definition) is 2. The van der Waals surface area contributed by atoms with Crippen molar-refractivity contribution in [3.05, 3.63) is 58.7 Å². The molecule has 0 bridgehead atoms. The maximum Gasteiger partial charge on any atom is 0.0675 e. The largest absolute Gasteiger partial charge is 0.264 e. The number of pyridine rings is 1. The molecule has 1 atom stereocenters. The molecule has 92 valence electrons. The van der Waals surface area contributed by atoms with Gasteiger partial charge in [0.1, 0.15) is 0 Å². The Morgan fingerprint density at radius 1 is 1.00 bits per heavy atom. The third-order valence-electron chi connectivity index (χ3n) is 4.23. The van der Waals surface area contributed by atoms with Crippen LogP contribution in [-0.2, 0) is 0 Å². The van der Waals surface area contributed by atoms with E-state index < -0.39 is 0 Å². The van der Waals surface area contributed by atoms with Crippen molar-refractivity contribution in [2.75, 3.05) is 0 Å². The van der Waals surface area contributed by atoms with Gasteiger partial charge in [-0.1, -0.05) is 23.8 Å². The lowest BCUT2D eigenvalue weighted by molar-refractivity contribution is 1.13. The maximum absolute atomic E-state index is 4.84. The smallest absolute Gasteiger partial charge is 0.0675 e. The van der Waals surface area contributed by atoms with E-state index in [0.717, 1.165) is 5.69 Å². The Bertz CT molecular complexity index is 844. The summed E-state index contributed by atoms with van der Waals surface area (Å²) in [7, 11) is 0. The van der Waals surface area contributed by atoms with Crippen LogP contribution in [-0.4, -0.2) is 10.7 Å². The zero-order valence-corrected chi connectivity index (χ0v) is 11.0. The van der Waals surface area contributed by atoms with Crippen molar-refractivity contribution in [1.29, 1.82) is 0 Å². The Hall–Kier alpha value is -2.22. The summed E-state index contributed by atoms with van der Waals surface area (Å²) in [5.74, 6) is 0.313. The van der Waals surface area contributed by atoms with Gasteiger partial charge in [0.2, 0.25) is 0 Å². The molecule has 0 saturated carbocycles. The van der Waals surface area contributed by atoms with Crippen LogP contribution in [0.5, 0.6) is 0 Å². The van der Waals surface area contributed by atoms with E-state index in [1.165, 1.54) is 32.9 Å². The summed E-state index contributed by atoms with van der Waals surface area (Å²) in [6.45, 7) is 4.37. The highest BCUT2D eigenvalue weighted by Crippen LogP contribution is 2.42. The predicted octanol–water partition coefficient (Wildman–Crippen LogP) is 2.31. The lowest BCUT2D eigenvalue weighted by Crippen LogP contribution is -2.37. The molecular weight excluding hydrogens is 232 g/mol. The highest BCUT2D eigenvalue weighted by Gasteiger charge is 2.31. The summed E-state index contributed by atoms with van der Waals surface area (Å²) in [6, 6.07) is 10.5. The van der Waals surface area contributed by atoms with E-state index in [2.05, 4.69) is 49.2 Å². The molecule has 1 aliphatic heterocycles. The van der Waals surface area contributed by atoms with Crippen LogP contribution >= 0.6 is 0 Å². The fourth-order valence-electron chi connectivity index (χ4n) is 3.24. The Labute approximate surface area is 111 Å². The number of fused-ring (bicyclic) bond motifs is 4. The summed E-state index contributed by atoms with van der Waals surface area (Å²) in [4.78, 5) is 9.12. The second-order valence-corrected chi connectivity index (χ2v) is 5.22. The molecule has 1 aromatic carbocycles. The first-order valence-corrected chi connectivity index (χ1v) is 6.57. The quantitative estimate of drug-likeness (QED) is 0.700. The zero-order valence-electron chi connectivity index (χ0n) is 11.0. The number of aliphatic imine (C=N–C) groups is 1. The van der Waals surface area contributed by atoms with Crippen molar-refractivity contribution in [3.63, 3.8) is 0 Å². The average molecular weight is 246 g/mol. The first kappa shape index (κ1) is 10.7. The first-order valence-electron chi connectivity index (χ1n) is 6.57. The van der Waals surface area contributed by atoms with E-state index in [1.54, 1.807) is 0 Å². The Kier molecular flexibility index (Phi) is 2.05. The Balaban J connectivity index is 2.15. The van der Waals surface area contributed by atoms with E-state index in [9.17, 15) is 0 Å². The molecule has 4 rings (SSSR count). The van der Waals surface area contributed by atoms with E-state index in [1.807, 2.05) is 12.4 Å². The fraction of sp³-hybridized carbons (Fsp3) is 0.176. The van der Waals surface area contributed by atoms with Crippen LogP contribution in [0.4, 0.5) is 5.69 Å². The molecule has 0 N–H and O–H groups in total. The molecule has 0 amide bonds. The number of aromatic nitrogens is 1. The van der Waals surface area contributed by atoms with Crippen molar-refractivity contribution in [2.24, 2.45) is 4.99 Å². The Morgan fingerprint density at radius 2 is 1.84 bits per heavy atom. The molecule has 2 aromatic rings. The van der Waals surface area contributed by atoms with Gasteiger partial charge in [0.05, 0.1) is 17.3 Å². The number of benzene rings is 1. The second kappa shape index (κ2) is 3.64. The van der Waals surface area contributed by atoms with Gasteiger partial charge >= 0.3 is 0 Å². The monoisotopic (exact) mass is 246 g/mol. The first-order chi connectivity index (χ1) is 9.27. The summed E-state index contributed by atoms with van der Waals surface area (Å²) in [5.41, 5.74) is 6.28. The van der Waals surface area contributed by atoms with Gasteiger partial charge in [-0.15, -0.1) is 0 Å². The minimum Gasteiger partial charge on any atom is -0.264 e. The molecule has 1 unspecified atom stereocenters. The topological polar surface area (TPSA) is 25.2 Å². The summed E-state index contributed by atoms with van der Waals surface area (Å²) in [6.07, 6.45) is 3.84. The number of rotatable bonds is 0. The normalized spacial score (nSPS) is 19.7. The van der Waals surface area contributed by atoms with Gasteiger partial charge in [-0.05, 0) is 42.3 Å². The molecule has 2 heteroatoms. The molecule has 0 spiro atoms. The minimum atomic E-state index is 0.313. The maximum atomic E-state index is 4.84. The summed E-state index contributed by atoms with van der Waals surface area (Å²) in [5, 5.41) is 2.54. The van der Waals surface area contributed by atoms with Crippen LogP contribution in [0.3, 0.4) is 0 Å². The highest BCUT2D eigenvalue weighted by atomic mass is 14.8. The molecule has 19 heavy (non-hydrogen) atoms. The number of nitrogens with zero attached hydrogens (tertiary/aromatic N) is 2. The molecule has 1 aliphatic carbocycles. The van der Waals surface area contributed by atoms with Crippen LogP contribution in [0.15, 0.2) is 47.7 Å². The third kappa shape index (κ3) is 1.31. The lowest BCUT2D eigenvalue weighted by Gasteiger charge is -2.21. The van der Waals surface area contributed by atoms with E-state index in [-0.39, 0.29) is 0 Å². The predicted molar refractivity (Wildman–Crippen MR) is 77.9 cm³/mol. The molecule has 0 fully saturated rings. The molecule has 0 saturated heterocycles. The summed E-state index contributed by atoms with van der Waals surface area (Å²) >= 11 is 0. The van der Waals surface area contributed by atoms with Crippen molar-refractivity contribution in [2.45, 2.75) is 19.8 Å². The molecule has 0 radical (unpaired) electrons. The van der Waals surface area contributed by atoms with E-state index >= 15 is 0 Å². The van der Waals surface area contributed by atoms with Gasteiger partial charge in [-0.25, -0.2) is 0 Å². The number of hydrogen-bond donors (Lipinski definition) is 0. The van der Waals surface area contributed by atoms with Gasteiger partial charge in [-0.3, -0.25) is 9.98 Å². The lowest BCUT2D eigenvalue weighted by atomic mass is 9.81. The molecule has 2 nitrogen and oxygen atoms in total. The SMILES string of the molecule is CC1=c2ccncc2=C(C)C2C1=Nc1ccccc12. The van der Waals surface area contributed by atoms with Crippen LogP contribution < -0.4 is 10.4 Å². The average Bonchev–Trinajstić information content (AvgIpc) is 2.84. The van der Waals surface area contributed by atoms with Gasteiger partial charge in [0.25, 0.3) is 0 Å². The molecule has 2 aliphatic rings. The molecule has 1 aromatic heterocycles. The van der Waals surface area contributed by atoms with Gasteiger partial charge < -0.3 is 0 Å². The molecule has 2 heterocycles.